The number of aromatic nitrogens is 3. The summed E-state index contributed by atoms with van der Waals surface area (Å²) in [4.78, 5) is 22.1. The van der Waals surface area contributed by atoms with E-state index in [4.69, 9.17) is 5.73 Å². The molecule has 1 saturated carbocycles. The Morgan fingerprint density at radius 1 is 1.38 bits per heavy atom. The highest BCUT2D eigenvalue weighted by atomic mass is 16.1. The lowest BCUT2D eigenvalue weighted by Gasteiger charge is -2.30. The van der Waals surface area contributed by atoms with Gasteiger partial charge >= 0.3 is 0 Å². The van der Waals surface area contributed by atoms with Crippen LogP contribution in [0, 0.1) is 0 Å². The van der Waals surface area contributed by atoms with Crippen LogP contribution in [-0.2, 0) is 0 Å². The van der Waals surface area contributed by atoms with Crippen molar-refractivity contribution in [3.63, 3.8) is 0 Å². The van der Waals surface area contributed by atoms with E-state index >= 15 is 0 Å². The van der Waals surface area contributed by atoms with Gasteiger partial charge in [0.15, 0.2) is 5.65 Å². The molecule has 0 saturated heterocycles. The number of hydrogen-bond acceptors (Lipinski definition) is 5. The Morgan fingerprint density at radius 2 is 2.08 bits per heavy atom. The van der Waals surface area contributed by atoms with Crippen molar-refractivity contribution in [1.82, 2.24) is 14.5 Å². The van der Waals surface area contributed by atoms with Gasteiger partial charge in [-0.15, -0.1) is 0 Å². The molecule has 130 valence electrons. The van der Waals surface area contributed by atoms with Gasteiger partial charge in [-0.2, -0.15) is 4.98 Å². The van der Waals surface area contributed by atoms with Gasteiger partial charge in [-0.25, -0.2) is 4.98 Å². The van der Waals surface area contributed by atoms with Crippen LogP contribution < -0.4 is 16.6 Å². The lowest BCUT2D eigenvalue weighted by molar-refractivity contribution is 0.312. The number of anilines is 2. The fraction of sp³-hybridized carbons (Fsp3) is 0.611. The minimum atomic E-state index is 0.00731. The average Bonchev–Trinajstić information content (AvgIpc) is 2.48. The monoisotopic (exact) mass is 329 g/mol. The topological polar surface area (TPSA) is 85.8 Å². The summed E-state index contributed by atoms with van der Waals surface area (Å²) in [6, 6.07) is 0.503. The normalized spacial score (nSPS) is 16.4. The molecule has 2 heterocycles. The lowest BCUT2D eigenvalue weighted by atomic mass is 9.91. The standard InChI is InChI=1S/C18H27N5O/c1-5-11(4)21-18-20-9-13-15(19)14(10(2)3)17(24)23(16(13)22-18)12-7-6-8-12/h9-12H,5-8,19H2,1-4H3,(H,20,21,22). The third-order valence-electron chi connectivity index (χ3n) is 5.03. The van der Waals surface area contributed by atoms with Gasteiger partial charge in [-0.1, -0.05) is 20.8 Å². The molecule has 2 aromatic heterocycles. The van der Waals surface area contributed by atoms with Crippen LogP contribution in [0.2, 0.25) is 0 Å². The zero-order valence-electron chi connectivity index (χ0n) is 15.0. The molecule has 0 amide bonds. The molecule has 3 rings (SSSR count). The summed E-state index contributed by atoms with van der Waals surface area (Å²) < 4.78 is 1.86. The van der Waals surface area contributed by atoms with Gasteiger partial charge in [-0.3, -0.25) is 9.36 Å². The molecule has 0 aliphatic heterocycles. The number of rotatable bonds is 5. The number of pyridine rings is 1. The van der Waals surface area contributed by atoms with Crippen LogP contribution >= 0.6 is 0 Å². The molecular weight excluding hydrogens is 302 g/mol. The highest BCUT2D eigenvalue weighted by Gasteiger charge is 2.27. The maximum absolute atomic E-state index is 13.1. The number of nitrogen functional groups attached to an aromatic ring is 1. The molecule has 6 nitrogen and oxygen atoms in total. The Bertz CT molecular complexity index is 807. The molecule has 1 aliphatic rings. The first-order chi connectivity index (χ1) is 11.4. The van der Waals surface area contributed by atoms with E-state index in [1.54, 1.807) is 6.20 Å². The Morgan fingerprint density at radius 3 is 2.62 bits per heavy atom. The first-order valence-electron chi connectivity index (χ1n) is 8.91. The first-order valence-corrected chi connectivity index (χ1v) is 8.91. The number of hydrogen-bond donors (Lipinski definition) is 2. The molecule has 2 aromatic rings. The van der Waals surface area contributed by atoms with Crippen molar-refractivity contribution < 1.29 is 0 Å². The predicted molar refractivity (Wildman–Crippen MR) is 98.6 cm³/mol. The fourth-order valence-electron chi connectivity index (χ4n) is 3.17. The number of fused-ring (bicyclic) bond motifs is 1. The highest BCUT2D eigenvalue weighted by Crippen LogP contribution is 2.35. The molecule has 0 radical (unpaired) electrons. The first kappa shape index (κ1) is 16.7. The molecule has 6 heteroatoms. The second-order valence-corrected chi connectivity index (χ2v) is 7.13. The van der Waals surface area contributed by atoms with Crippen LogP contribution in [0.4, 0.5) is 11.6 Å². The minimum Gasteiger partial charge on any atom is -0.398 e. The van der Waals surface area contributed by atoms with Crippen molar-refractivity contribution in [1.29, 1.82) is 0 Å². The molecule has 0 spiro atoms. The van der Waals surface area contributed by atoms with Crippen molar-refractivity contribution in [2.75, 3.05) is 11.1 Å². The van der Waals surface area contributed by atoms with Gasteiger partial charge in [0.25, 0.3) is 5.56 Å². The molecule has 3 N–H and O–H groups in total. The van der Waals surface area contributed by atoms with Gasteiger partial charge in [0.05, 0.1) is 11.1 Å². The predicted octanol–water partition coefficient (Wildman–Crippen LogP) is 3.43. The van der Waals surface area contributed by atoms with Crippen molar-refractivity contribution in [2.24, 2.45) is 0 Å². The van der Waals surface area contributed by atoms with E-state index in [1.165, 1.54) is 0 Å². The lowest BCUT2D eigenvalue weighted by Crippen LogP contribution is -2.33. The van der Waals surface area contributed by atoms with Crippen LogP contribution in [-0.4, -0.2) is 20.6 Å². The SMILES string of the molecule is CCC(C)Nc1ncc2c(N)c(C(C)C)c(=O)n(C3CCC3)c2n1. The highest BCUT2D eigenvalue weighted by molar-refractivity contribution is 5.89. The zero-order chi connectivity index (χ0) is 17.4. The summed E-state index contributed by atoms with van der Waals surface area (Å²) in [5.74, 6) is 0.632. The van der Waals surface area contributed by atoms with E-state index in [0.717, 1.165) is 31.1 Å². The maximum Gasteiger partial charge on any atom is 0.258 e. The number of nitrogens with one attached hydrogen (secondary N) is 1. The average molecular weight is 329 g/mol. The smallest absolute Gasteiger partial charge is 0.258 e. The molecule has 1 unspecified atom stereocenters. The Balaban J connectivity index is 2.24. The van der Waals surface area contributed by atoms with Crippen molar-refractivity contribution in [3.05, 3.63) is 22.1 Å². The van der Waals surface area contributed by atoms with E-state index in [1.807, 2.05) is 18.4 Å². The Hall–Kier alpha value is -2.11. The van der Waals surface area contributed by atoms with Crippen molar-refractivity contribution in [2.45, 2.75) is 71.4 Å². The fourth-order valence-corrected chi connectivity index (χ4v) is 3.17. The summed E-state index contributed by atoms with van der Waals surface area (Å²) in [6.07, 6.45) is 5.93. The van der Waals surface area contributed by atoms with Gasteiger partial charge in [0, 0.05) is 23.8 Å². The molecular formula is C18H27N5O. The van der Waals surface area contributed by atoms with Crippen LogP contribution in [0.5, 0.6) is 0 Å². The summed E-state index contributed by atoms with van der Waals surface area (Å²) in [5.41, 5.74) is 8.18. The van der Waals surface area contributed by atoms with E-state index in [-0.39, 0.29) is 23.6 Å². The van der Waals surface area contributed by atoms with Crippen LogP contribution in [0.1, 0.15) is 70.9 Å². The van der Waals surface area contributed by atoms with E-state index in [2.05, 4.69) is 29.1 Å². The summed E-state index contributed by atoms with van der Waals surface area (Å²) in [6.45, 7) is 8.20. The summed E-state index contributed by atoms with van der Waals surface area (Å²) in [5, 5.41) is 4.06. The van der Waals surface area contributed by atoms with Gasteiger partial charge in [0.1, 0.15) is 0 Å². The van der Waals surface area contributed by atoms with E-state index in [0.29, 0.717) is 22.8 Å². The molecule has 1 atom stereocenters. The molecule has 1 aliphatic carbocycles. The minimum absolute atomic E-state index is 0.00731. The van der Waals surface area contributed by atoms with Crippen LogP contribution in [0.3, 0.4) is 0 Å². The van der Waals surface area contributed by atoms with Crippen molar-refractivity contribution in [3.8, 4) is 0 Å². The second kappa shape index (κ2) is 6.42. The molecule has 0 bridgehead atoms. The number of nitrogens with two attached hydrogens (primary N) is 1. The van der Waals surface area contributed by atoms with Gasteiger partial charge in [0.2, 0.25) is 5.95 Å². The van der Waals surface area contributed by atoms with Crippen LogP contribution in [0.15, 0.2) is 11.0 Å². The zero-order valence-corrected chi connectivity index (χ0v) is 15.0. The molecule has 1 fully saturated rings. The summed E-state index contributed by atoms with van der Waals surface area (Å²) >= 11 is 0. The molecule has 0 aromatic carbocycles. The molecule has 24 heavy (non-hydrogen) atoms. The Labute approximate surface area is 142 Å². The largest absolute Gasteiger partial charge is 0.398 e. The van der Waals surface area contributed by atoms with Crippen molar-refractivity contribution >= 4 is 22.7 Å². The second-order valence-electron chi connectivity index (χ2n) is 7.13. The third-order valence-corrected chi connectivity index (χ3v) is 5.03. The number of nitrogens with zero attached hydrogens (tertiary/aromatic N) is 3. The Kier molecular flexibility index (Phi) is 4.47. The van der Waals surface area contributed by atoms with E-state index < -0.39 is 0 Å². The quantitative estimate of drug-likeness (QED) is 0.877. The van der Waals surface area contributed by atoms with Gasteiger partial charge < -0.3 is 11.1 Å². The van der Waals surface area contributed by atoms with Gasteiger partial charge in [-0.05, 0) is 38.5 Å². The summed E-state index contributed by atoms with van der Waals surface area (Å²) in [7, 11) is 0. The third kappa shape index (κ3) is 2.74. The van der Waals surface area contributed by atoms with E-state index in [9.17, 15) is 4.79 Å². The maximum atomic E-state index is 13.1. The van der Waals surface area contributed by atoms with Crippen LogP contribution in [0.25, 0.3) is 11.0 Å².